The van der Waals surface area contributed by atoms with E-state index in [-0.39, 0.29) is 17.9 Å². The van der Waals surface area contributed by atoms with Crippen LogP contribution in [0.5, 0.6) is 5.75 Å². The van der Waals surface area contributed by atoms with Crippen molar-refractivity contribution in [1.29, 1.82) is 0 Å². The van der Waals surface area contributed by atoms with E-state index in [9.17, 15) is 14.3 Å². The van der Waals surface area contributed by atoms with Crippen molar-refractivity contribution in [2.75, 3.05) is 13.7 Å². The number of aliphatic hydroxyl groups is 1. The Bertz CT molecular complexity index is 376. The molecule has 4 nitrogen and oxygen atoms in total. The summed E-state index contributed by atoms with van der Waals surface area (Å²) < 4.78 is 22.7. The van der Waals surface area contributed by atoms with Crippen LogP contribution in [-0.4, -0.2) is 24.8 Å². The summed E-state index contributed by atoms with van der Waals surface area (Å²) in [6.07, 6.45) is -0.880. The Morgan fingerprint density at radius 1 is 1.56 bits per heavy atom. The van der Waals surface area contributed by atoms with Gasteiger partial charge < -0.3 is 14.6 Å². The molecule has 1 aromatic carbocycles. The molecule has 0 bridgehead atoms. The summed E-state index contributed by atoms with van der Waals surface area (Å²) >= 11 is 0. The molecule has 0 aliphatic heterocycles. The van der Waals surface area contributed by atoms with Gasteiger partial charge in [0.15, 0.2) is 6.61 Å². The fourth-order valence-corrected chi connectivity index (χ4v) is 1.14. The number of methoxy groups -OCH3 is 1. The summed E-state index contributed by atoms with van der Waals surface area (Å²) in [6.45, 7) is 1.19. The van der Waals surface area contributed by atoms with Crippen LogP contribution >= 0.6 is 0 Å². The molecule has 0 saturated carbocycles. The van der Waals surface area contributed by atoms with Gasteiger partial charge in [0.1, 0.15) is 11.6 Å². The summed E-state index contributed by atoms with van der Waals surface area (Å²) in [4.78, 5) is 10.8. The molecule has 0 aliphatic carbocycles. The predicted octanol–water partition coefficient (Wildman–Crippen LogP) is 1.43. The van der Waals surface area contributed by atoms with Gasteiger partial charge in [0.2, 0.25) is 0 Å². The van der Waals surface area contributed by atoms with Gasteiger partial charge in [0.25, 0.3) is 0 Å². The largest absolute Gasteiger partial charge is 0.482 e. The standard InChI is InChI=1S/C11H13FO4/c1-7(13)9-4-3-8(5-10(9)12)16-6-11(14)15-2/h3-5,7,13H,6H2,1-2H3/t7-/m0/s1. The molecule has 0 heterocycles. The van der Waals surface area contributed by atoms with Gasteiger partial charge in [-0.05, 0) is 19.1 Å². The van der Waals surface area contributed by atoms with E-state index in [1.54, 1.807) is 0 Å². The van der Waals surface area contributed by atoms with Crippen molar-refractivity contribution in [3.8, 4) is 5.75 Å². The smallest absolute Gasteiger partial charge is 0.343 e. The number of hydrogen-bond donors (Lipinski definition) is 1. The topological polar surface area (TPSA) is 55.8 Å². The lowest BCUT2D eigenvalue weighted by molar-refractivity contribution is -0.142. The van der Waals surface area contributed by atoms with E-state index in [4.69, 9.17) is 4.74 Å². The molecule has 0 fully saturated rings. The average molecular weight is 228 g/mol. The highest BCUT2D eigenvalue weighted by molar-refractivity contribution is 5.70. The monoisotopic (exact) mass is 228 g/mol. The summed E-state index contributed by atoms with van der Waals surface area (Å²) in [6, 6.07) is 4.01. The predicted molar refractivity (Wildman–Crippen MR) is 54.5 cm³/mol. The summed E-state index contributed by atoms with van der Waals surface area (Å²) in [5.74, 6) is -0.898. The normalized spacial score (nSPS) is 12.0. The highest BCUT2D eigenvalue weighted by atomic mass is 19.1. The Kier molecular flexibility index (Phi) is 4.25. The van der Waals surface area contributed by atoms with E-state index in [2.05, 4.69) is 4.74 Å². The van der Waals surface area contributed by atoms with Crippen LogP contribution in [0.1, 0.15) is 18.6 Å². The summed E-state index contributed by atoms with van der Waals surface area (Å²) in [7, 11) is 1.24. The first-order valence-electron chi connectivity index (χ1n) is 4.71. The number of rotatable bonds is 4. The molecule has 5 heteroatoms. The lowest BCUT2D eigenvalue weighted by atomic mass is 10.1. The van der Waals surface area contributed by atoms with Gasteiger partial charge in [0, 0.05) is 11.6 Å². The first kappa shape index (κ1) is 12.4. The number of carbonyl (C=O) groups is 1. The zero-order valence-corrected chi connectivity index (χ0v) is 9.07. The van der Waals surface area contributed by atoms with Gasteiger partial charge in [-0.2, -0.15) is 0 Å². The molecule has 1 aromatic rings. The van der Waals surface area contributed by atoms with Crippen LogP contribution in [0.25, 0.3) is 0 Å². The van der Waals surface area contributed by atoms with Gasteiger partial charge in [0.05, 0.1) is 13.2 Å². The maximum absolute atomic E-state index is 13.4. The van der Waals surface area contributed by atoms with Gasteiger partial charge in [-0.3, -0.25) is 0 Å². The third-order valence-corrected chi connectivity index (χ3v) is 2.01. The van der Waals surface area contributed by atoms with Gasteiger partial charge in [-0.15, -0.1) is 0 Å². The van der Waals surface area contributed by atoms with Crippen LogP contribution in [0, 0.1) is 5.82 Å². The van der Waals surface area contributed by atoms with E-state index in [1.807, 2.05) is 0 Å². The number of esters is 1. The fraction of sp³-hybridized carbons (Fsp3) is 0.364. The zero-order valence-electron chi connectivity index (χ0n) is 9.07. The van der Waals surface area contributed by atoms with Crippen molar-refractivity contribution in [3.63, 3.8) is 0 Å². The van der Waals surface area contributed by atoms with Gasteiger partial charge in [-0.25, -0.2) is 9.18 Å². The lowest BCUT2D eigenvalue weighted by Gasteiger charge is -2.09. The van der Waals surface area contributed by atoms with Crippen molar-refractivity contribution >= 4 is 5.97 Å². The Morgan fingerprint density at radius 2 is 2.25 bits per heavy atom. The van der Waals surface area contributed by atoms with Gasteiger partial charge >= 0.3 is 5.97 Å². The number of benzene rings is 1. The molecular weight excluding hydrogens is 215 g/mol. The number of hydrogen-bond acceptors (Lipinski definition) is 4. The summed E-state index contributed by atoms with van der Waals surface area (Å²) in [5.41, 5.74) is 0.186. The fourth-order valence-electron chi connectivity index (χ4n) is 1.14. The van der Waals surface area contributed by atoms with Crippen molar-refractivity contribution in [1.82, 2.24) is 0 Å². The highest BCUT2D eigenvalue weighted by Gasteiger charge is 2.09. The third-order valence-electron chi connectivity index (χ3n) is 2.01. The molecule has 0 unspecified atom stereocenters. The van der Waals surface area contributed by atoms with Crippen molar-refractivity contribution in [3.05, 3.63) is 29.6 Å². The number of ether oxygens (including phenoxy) is 2. The number of halogens is 1. The molecule has 0 spiro atoms. The van der Waals surface area contributed by atoms with Crippen LogP contribution in [0.2, 0.25) is 0 Å². The van der Waals surface area contributed by atoms with Crippen LogP contribution in [0.3, 0.4) is 0 Å². The zero-order chi connectivity index (χ0) is 12.1. The van der Waals surface area contributed by atoms with E-state index in [0.717, 1.165) is 6.07 Å². The first-order valence-corrected chi connectivity index (χ1v) is 4.71. The first-order chi connectivity index (χ1) is 7.54. The molecule has 0 amide bonds. The highest BCUT2D eigenvalue weighted by Crippen LogP contribution is 2.21. The second-order valence-corrected chi connectivity index (χ2v) is 3.22. The molecular formula is C11H13FO4. The minimum atomic E-state index is -0.880. The number of carbonyl (C=O) groups excluding carboxylic acids is 1. The Balaban J connectivity index is 2.70. The third kappa shape index (κ3) is 3.20. The maximum atomic E-state index is 13.4. The van der Waals surface area contributed by atoms with E-state index >= 15 is 0 Å². The molecule has 0 aromatic heterocycles. The molecule has 16 heavy (non-hydrogen) atoms. The molecule has 1 rings (SSSR count). The van der Waals surface area contributed by atoms with E-state index < -0.39 is 17.9 Å². The Hall–Kier alpha value is -1.62. The average Bonchev–Trinajstić information content (AvgIpc) is 2.25. The summed E-state index contributed by atoms with van der Waals surface area (Å²) in [5, 5.41) is 9.20. The molecule has 1 atom stereocenters. The number of aliphatic hydroxyl groups excluding tert-OH is 1. The second-order valence-electron chi connectivity index (χ2n) is 3.22. The molecule has 1 N–H and O–H groups in total. The second kappa shape index (κ2) is 5.46. The van der Waals surface area contributed by atoms with Crippen molar-refractivity contribution < 1.29 is 23.8 Å². The lowest BCUT2D eigenvalue weighted by Crippen LogP contribution is -2.12. The maximum Gasteiger partial charge on any atom is 0.343 e. The van der Waals surface area contributed by atoms with Crippen molar-refractivity contribution in [2.45, 2.75) is 13.0 Å². The molecule has 0 aliphatic rings. The quantitative estimate of drug-likeness (QED) is 0.792. The Labute approximate surface area is 92.6 Å². The molecule has 88 valence electrons. The van der Waals surface area contributed by atoms with Crippen LogP contribution in [-0.2, 0) is 9.53 Å². The van der Waals surface area contributed by atoms with Crippen molar-refractivity contribution in [2.24, 2.45) is 0 Å². The molecule has 0 saturated heterocycles. The minimum Gasteiger partial charge on any atom is -0.482 e. The molecule has 0 radical (unpaired) electrons. The van der Waals surface area contributed by atoms with E-state index in [0.29, 0.717) is 0 Å². The van der Waals surface area contributed by atoms with Crippen LogP contribution in [0.4, 0.5) is 4.39 Å². The SMILES string of the molecule is COC(=O)COc1ccc([C@H](C)O)c(F)c1. The van der Waals surface area contributed by atoms with Gasteiger partial charge in [-0.1, -0.05) is 0 Å². The van der Waals surface area contributed by atoms with E-state index in [1.165, 1.54) is 26.2 Å². The minimum absolute atomic E-state index is 0.186. The van der Waals surface area contributed by atoms with Crippen LogP contribution < -0.4 is 4.74 Å². The Morgan fingerprint density at radius 3 is 2.75 bits per heavy atom. The van der Waals surface area contributed by atoms with Crippen LogP contribution in [0.15, 0.2) is 18.2 Å².